The number of carbonyl (C=O) groups is 1. The number of hydrogen-bond donors (Lipinski definition) is 3. The number of hydrogen-bond acceptors (Lipinski definition) is 5. The van der Waals surface area contributed by atoms with Crippen LogP contribution in [0, 0.1) is 0 Å². The molecule has 3 N–H and O–H groups in total. The van der Waals surface area contributed by atoms with Gasteiger partial charge < -0.3 is 0 Å². The number of sulfonamides is 1. The number of halogens is 3. The lowest BCUT2D eigenvalue weighted by Gasteiger charge is -2.14. The van der Waals surface area contributed by atoms with Crippen LogP contribution in [-0.4, -0.2) is 26.7 Å². The zero-order chi connectivity index (χ0) is 22.5. The van der Waals surface area contributed by atoms with Crippen LogP contribution in [-0.2, 0) is 21.0 Å². The highest BCUT2D eigenvalue weighted by atomic mass is 32.2. The summed E-state index contributed by atoms with van der Waals surface area (Å²) in [6.07, 6.45) is -2.60. The third-order valence-electron chi connectivity index (χ3n) is 4.56. The molecule has 31 heavy (non-hydrogen) atoms. The van der Waals surface area contributed by atoms with Gasteiger partial charge in [-0.05, 0) is 37.1 Å². The van der Waals surface area contributed by atoms with Crippen molar-refractivity contribution in [2.24, 2.45) is 4.99 Å². The number of hydrazine groups is 1. The molecular weight excluding hydrogens is 433 g/mol. The van der Waals surface area contributed by atoms with Crippen LogP contribution in [0.2, 0.25) is 0 Å². The molecule has 166 valence electrons. The number of nitrogens with one attached hydrogen (secondary N) is 3. The Morgan fingerprint density at radius 2 is 1.71 bits per heavy atom. The van der Waals surface area contributed by atoms with Gasteiger partial charge in [-0.2, -0.15) is 13.2 Å². The summed E-state index contributed by atoms with van der Waals surface area (Å²) >= 11 is 0. The molecule has 7 nitrogen and oxygen atoms in total. The molecule has 0 aromatic heterocycles. The van der Waals surface area contributed by atoms with Crippen molar-refractivity contribution in [1.82, 2.24) is 10.1 Å². The van der Waals surface area contributed by atoms with Crippen LogP contribution < -0.4 is 15.6 Å². The predicted molar refractivity (Wildman–Crippen MR) is 110 cm³/mol. The quantitative estimate of drug-likeness (QED) is 0.420. The zero-order valence-corrected chi connectivity index (χ0v) is 17.2. The Morgan fingerprint density at radius 1 is 1.00 bits per heavy atom. The first-order valence-corrected chi connectivity index (χ1v) is 11.0. The van der Waals surface area contributed by atoms with E-state index in [0.717, 1.165) is 6.07 Å². The van der Waals surface area contributed by atoms with Crippen LogP contribution in [0.5, 0.6) is 0 Å². The van der Waals surface area contributed by atoms with E-state index in [2.05, 4.69) is 20.6 Å². The van der Waals surface area contributed by atoms with Crippen LogP contribution in [0.3, 0.4) is 0 Å². The molecule has 2 aromatic carbocycles. The predicted octanol–water partition coefficient (Wildman–Crippen LogP) is 3.45. The number of carbonyl (C=O) groups excluding carboxylic acids is 1. The summed E-state index contributed by atoms with van der Waals surface area (Å²) in [5.74, 6) is -0.123. The number of para-hydroxylation sites is 1. The van der Waals surface area contributed by atoms with Crippen molar-refractivity contribution in [2.45, 2.75) is 36.8 Å². The highest BCUT2D eigenvalue weighted by Gasteiger charge is 2.33. The van der Waals surface area contributed by atoms with Gasteiger partial charge in [-0.1, -0.05) is 30.7 Å². The summed E-state index contributed by atoms with van der Waals surface area (Å²) in [5, 5.41) is 0. The average Bonchev–Trinajstić information content (AvgIpc) is 2.99. The Hall–Kier alpha value is -3.08. The lowest BCUT2D eigenvalue weighted by Crippen LogP contribution is -2.30. The third kappa shape index (κ3) is 5.75. The van der Waals surface area contributed by atoms with Gasteiger partial charge in [0.25, 0.3) is 10.0 Å². The number of benzene rings is 2. The molecule has 0 saturated carbocycles. The Balaban J connectivity index is 1.40. The first kappa shape index (κ1) is 22.6. The van der Waals surface area contributed by atoms with Gasteiger partial charge in [-0.15, -0.1) is 0 Å². The van der Waals surface area contributed by atoms with E-state index in [-0.39, 0.29) is 17.0 Å². The Kier molecular flexibility index (Phi) is 6.84. The van der Waals surface area contributed by atoms with Gasteiger partial charge in [0.2, 0.25) is 5.91 Å². The summed E-state index contributed by atoms with van der Waals surface area (Å²) in [6, 6.07) is 11.4. The SMILES string of the molecule is O=C(CCCCCN=C1NS(=O)(=O)c2ccccc21)NNc1ccccc1C(F)(F)F. The Labute approximate surface area is 177 Å². The second-order valence-corrected chi connectivity index (χ2v) is 8.51. The molecule has 3 rings (SSSR count). The summed E-state index contributed by atoms with van der Waals surface area (Å²) in [5.41, 5.74) is 4.04. The third-order valence-corrected chi connectivity index (χ3v) is 5.96. The number of rotatable bonds is 8. The van der Waals surface area contributed by atoms with Gasteiger partial charge in [0.05, 0.1) is 16.1 Å². The lowest BCUT2D eigenvalue weighted by atomic mass is 10.1. The monoisotopic (exact) mass is 454 g/mol. The second-order valence-electron chi connectivity index (χ2n) is 6.86. The number of alkyl halides is 3. The number of nitrogens with zero attached hydrogens (tertiary/aromatic N) is 1. The molecule has 0 bridgehead atoms. The van der Waals surface area contributed by atoms with E-state index in [1.54, 1.807) is 18.2 Å². The van der Waals surface area contributed by atoms with E-state index in [9.17, 15) is 26.4 Å². The smallest absolute Gasteiger partial charge is 0.298 e. The van der Waals surface area contributed by atoms with Crippen LogP contribution in [0.25, 0.3) is 0 Å². The van der Waals surface area contributed by atoms with E-state index in [1.165, 1.54) is 24.3 Å². The lowest BCUT2D eigenvalue weighted by molar-refractivity contribution is -0.137. The number of aliphatic imine (C=N–C) groups is 1. The van der Waals surface area contributed by atoms with Crippen molar-refractivity contribution in [1.29, 1.82) is 0 Å². The Bertz CT molecular complexity index is 1090. The zero-order valence-electron chi connectivity index (χ0n) is 16.4. The topological polar surface area (TPSA) is 99.7 Å². The molecule has 2 aromatic rings. The highest BCUT2D eigenvalue weighted by molar-refractivity contribution is 7.90. The summed E-state index contributed by atoms with van der Waals surface area (Å²) in [4.78, 5) is 16.4. The molecule has 0 radical (unpaired) electrons. The molecule has 0 atom stereocenters. The fraction of sp³-hybridized carbons (Fsp3) is 0.300. The van der Waals surface area contributed by atoms with E-state index >= 15 is 0 Å². The molecule has 0 spiro atoms. The van der Waals surface area contributed by atoms with Gasteiger partial charge in [0.1, 0.15) is 5.84 Å². The first-order valence-electron chi connectivity index (χ1n) is 9.56. The van der Waals surface area contributed by atoms with E-state index in [0.29, 0.717) is 37.2 Å². The van der Waals surface area contributed by atoms with Crippen LogP contribution >= 0.6 is 0 Å². The molecule has 0 fully saturated rings. The minimum atomic E-state index is -4.52. The summed E-state index contributed by atoms with van der Waals surface area (Å²) in [6.45, 7) is 0.380. The molecule has 1 aliphatic heterocycles. The van der Waals surface area contributed by atoms with Gasteiger partial charge in [0, 0.05) is 18.5 Å². The minimum absolute atomic E-state index is 0.132. The van der Waals surface area contributed by atoms with Gasteiger partial charge in [-0.3, -0.25) is 25.4 Å². The Morgan fingerprint density at radius 3 is 2.48 bits per heavy atom. The van der Waals surface area contributed by atoms with E-state index in [4.69, 9.17) is 0 Å². The van der Waals surface area contributed by atoms with Gasteiger partial charge in [-0.25, -0.2) is 8.42 Å². The fourth-order valence-corrected chi connectivity index (χ4v) is 4.31. The largest absolute Gasteiger partial charge is 0.418 e. The van der Waals surface area contributed by atoms with E-state index in [1.807, 2.05) is 0 Å². The molecule has 1 amide bonds. The number of unbranched alkanes of at least 4 members (excludes halogenated alkanes) is 2. The molecule has 0 aliphatic carbocycles. The molecule has 11 heteroatoms. The normalized spacial score (nSPS) is 15.9. The number of amidine groups is 1. The maximum Gasteiger partial charge on any atom is 0.418 e. The van der Waals surface area contributed by atoms with Crippen molar-refractivity contribution >= 4 is 27.5 Å². The molecule has 0 saturated heterocycles. The van der Waals surface area contributed by atoms with Crippen molar-refractivity contribution in [3.8, 4) is 0 Å². The average molecular weight is 454 g/mol. The van der Waals surface area contributed by atoms with E-state index < -0.39 is 27.7 Å². The van der Waals surface area contributed by atoms with Gasteiger partial charge in [0.15, 0.2) is 0 Å². The van der Waals surface area contributed by atoms with Crippen LogP contribution in [0.1, 0.15) is 36.8 Å². The maximum absolute atomic E-state index is 12.9. The standard InChI is InChI=1S/C20H21F3N4O3S/c21-20(22,23)15-9-4-5-10-16(15)25-26-18(28)12-2-1-7-13-24-19-14-8-3-6-11-17(14)31(29,30)27-19/h3-6,8-11,25H,1-2,7,12-13H2,(H,24,27)(H,26,28). The van der Waals surface area contributed by atoms with Crippen molar-refractivity contribution in [2.75, 3.05) is 12.0 Å². The maximum atomic E-state index is 12.9. The van der Waals surface area contributed by atoms with Crippen molar-refractivity contribution < 1.29 is 26.4 Å². The molecule has 1 aliphatic rings. The highest BCUT2D eigenvalue weighted by Crippen LogP contribution is 2.34. The van der Waals surface area contributed by atoms with Crippen LogP contribution in [0.15, 0.2) is 58.4 Å². The summed E-state index contributed by atoms with van der Waals surface area (Å²) in [7, 11) is -3.57. The van der Waals surface area contributed by atoms with Crippen molar-refractivity contribution in [3.63, 3.8) is 0 Å². The minimum Gasteiger partial charge on any atom is -0.298 e. The van der Waals surface area contributed by atoms with Crippen LogP contribution in [0.4, 0.5) is 18.9 Å². The van der Waals surface area contributed by atoms with Crippen molar-refractivity contribution in [3.05, 3.63) is 59.7 Å². The first-order chi connectivity index (χ1) is 14.7. The fourth-order valence-electron chi connectivity index (χ4n) is 3.06. The second kappa shape index (κ2) is 9.38. The van der Waals surface area contributed by atoms with Gasteiger partial charge >= 0.3 is 6.18 Å². The summed E-state index contributed by atoms with van der Waals surface area (Å²) < 4.78 is 65.2. The molecule has 1 heterocycles. The number of amides is 1. The number of anilines is 1. The molecule has 0 unspecified atom stereocenters. The molecular formula is C20H21F3N4O3S. The number of fused-ring (bicyclic) bond motifs is 1.